The molecule has 3 heteroatoms. The van der Waals surface area contributed by atoms with Gasteiger partial charge in [-0.15, -0.1) is 0 Å². The first kappa shape index (κ1) is 5.52. The fourth-order valence-corrected chi connectivity index (χ4v) is 0.670. The van der Waals surface area contributed by atoms with Crippen LogP contribution in [-0.4, -0.2) is 13.0 Å². The maximum atomic E-state index is 12.0. The molecule has 1 heterocycles. The van der Waals surface area contributed by atoms with Crippen molar-refractivity contribution in [2.24, 2.45) is 5.92 Å². The lowest BCUT2D eigenvalue weighted by Crippen LogP contribution is -1.92. The molecule has 1 aliphatic rings. The molecule has 0 aromatic carbocycles. The lowest BCUT2D eigenvalue weighted by Gasteiger charge is -1.89. The largest absolute Gasteiger partial charge is 0.347 e. The molecule has 0 N–H and O–H groups in total. The predicted molar refractivity (Wildman–Crippen MR) is 24.6 cm³/mol. The van der Waals surface area contributed by atoms with Crippen LogP contribution in [-0.2, 0) is 4.74 Å². The van der Waals surface area contributed by atoms with Crippen molar-refractivity contribution in [3.05, 3.63) is 0 Å². The summed E-state index contributed by atoms with van der Waals surface area (Å²) in [6, 6.07) is 1.93. The van der Waals surface area contributed by atoms with Gasteiger partial charge in [0.1, 0.15) is 0 Å². The molecule has 2 unspecified atom stereocenters. The number of hydrogen-bond donors (Lipinski definition) is 0. The monoisotopic (exact) mass is 115 g/mol. The van der Waals surface area contributed by atoms with Crippen LogP contribution in [0, 0.1) is 17.2 Å². The van der Waals surface area contributed by atoms with Gasteiger partial charge in [0.2, 0.25) is 0 Å². The van der Waals surface area contributed by atoms with Gasteiger partial charge in [-0.25, -0.2) is 4.39 Å². The van der Waals surface area contributed by atoms with Gasteiger partial charge in [0.15, 0.2) is 6.36 Å². The Balaban J connectivity index is 2.35. The van der Waals surface area contributed by atoms with Crippen molar-refractivity contribution in [3.63, 3.8) is 0 Å². The van der Waals surface area contributed by atoms with Crippen LogP contribution in [0.15, 0.2) is 0 Å². The Bertz CT molecular complexity index is 120. The zero-order valence-corrected chi connectivity index (χ0v) is 4.30. The zero-order valence-electron chi connectivity index (χ0n) is 4.30. The molecule has 1 rings (SSSR count). The van der Waals surface area contributed by atoms with E-state index in [-0.39, 0.29) is 18.9 Å². The first-order valence-corrected chi connectivity index (χ1v) is 2.48. The Hall–Kier alpha value is -0.620. The van der Waals surface area contributed by atoms with Crippen LogP contribution in [0.4, 0.5) is 4.39 Å². The highest BCUT2D eigenvalue weighted by Crippen LogP contribution is 2.18. The molecule has 1 aliphatic heterocycles. The van der Waals surface area contributed by atoms with Crippen LogP contribution in [0.5, 0.6) is 0 Å². The summed E-state index contributed by atoms with van der Waals surface area (Å²) < 4.78 is 16.5. The van der Waals surface area contributed by atoms with Crippen molar-refractivity contribution in [2.45, 2.75) is 12.8 Å². The molecule has 0 amide bonds. The van der Waals surface area contributed by atoms with E-state index in [0.717, 1.165) is 0 Å². The van der Waals surface area contributed by atoms with Gasteiger partial charge in [-0.05, 0) is 0 Å². The average molecular weight is 115 g/mol. The fraction of sp³-hybridized carbons (Fsp3) is 0.800. The number of alkyl halides is 1. The predicted octanol–water partition coefficient (Wildman–Crippen LogP) is 0.842. The van der Waals surface area contributed by atoms with E-state index in [1.54, 1.807) is 0 Å². The Kier molecular flexibility index (Phi) is 1.45. The van der Waals surface area contributed by atoms with Crippen molar-refractivity contribution < 1.29 is 9.13 Å². The van der Waals surface area contributed by atoms with Crippen LogP contribution in [0.1, 0.15) is 6.42 Å². The summed E-state index contributed by atoms with van der Waals surface area (Å²) in [5, 5.41) is 8.19. The molecule has 0 aliphatic carbocycles. The highest BCUT2D eigenvalue weighted by molar-refractivity contribution is 4.86. The standard InChI is InChI=1S/C5H6FNO/c6-5-1-4(2-7)3-8-5/h4-5H,1,3H2. The molecular formula is C5H6FNO. The summed E-state index contributed by atoms with van der Waals surface area (Å²) in [5.74, 6) is -0.218. The molecule has 0 aromatic heterocycles. The van der Waals surface area contributed by atoms with Crippen molar-refractivity contribution in [2.75, 3.05) is 6.61 Å². The van der Waals surface area contributed by atoms with Gasteiger partial charge in [0.05, 0.1) is 18.6 Å². The van der Waals surface area contributed by atoms with E-state index in [1.807, 2.05) is 6.07 Å². The first-order valence-electron chi connectivity index (χ1n) is 2.48. The molecule has 2 nitrogen and oxygen atoms in total. The van der Waals surface area contributed by atoms with Gasteiger partial charge in [0.25, 0.3) is 0 Å². The van der Waals surface area contributed by atoms with Gasteiger partial charge in [0, 0.05) is 6.42 Å². The Morgan fingerprint density at radius 1 is 1.75 bits per heavy atom. The Morgan fingerprint density at radius 2 is 2.50 bits per heavy atom. The molecule has 8 heavy (non-hydrogen) atoms. The second-order valence-electron chi connectivity index (χ2n) is 1.81. The van der Waals surface area contributed by atoms with Crippen LogP contribution >= 0.6 is 0 Å². The summed E-state index contributed by atoms with van der Waals surface area (Å²) in [7, 11) is 0. The number of ether oxygens (including phenoxy) is 1. The van der Waals surface area contributed by atoms with Gasteiger partial charge in [-0.1, -0.05) is 0 Å². The van der Waals surface area contributed by atoms with E-state index in [4.69, 9.17) is 5.26 Å². The van der Waals surface area contributed by atoms with E-state index in [2.05, 4.69) is 4.74 Å². The lowest BCUT2D eigenvalue weighted by atomic mass is 10.1. The molecular weight excluding hydrogens is 109 g/mol. The normalized spacial score (nSPS) is 37.0. The molecule has 2 atom stereocenters. The number of hydrogen-bond acceptors (Lipinski definition) is 2. The minimum absolute atomic E-state index is 0.218. The molecule has 1 fully saturated rings. The zero-order chi connectivity index (χ0) is 5.98. The molecule has 0 radical (unpaired) electrons. The van der Waals surface area contributed by atoms with E-state index >= 15 is 0 Å². The minimum Gasteiger partial charge on any atom is -0.347 e. The van der Waals surface area contributed by atoms with Gasteiger partial charge < -0.3 is 4.74 Å². The third kappa shape index (κ3) is 0.958. The Morgan fingerprint density at radius 3 is 2.75 bits per heavy atom. The summed E-state index contributed by atoms with van der Waals surface area (Å²) >= 11 is 0. The van der Waals surface area contributed by atoms with Crippen LogP contribution < -0.4 is 0 Å². The summed E-state index contributed by atoms with van der Waals surface area (Å²) in [6.45, 7) is 0.262. The SMILES string of the molecule is N#CC1COC(F)C1. The average Bonchev–Trinajstić information content (AvgIpc) is 2.14. The molecule has 44 valence electrons. The third-order valence-corrected chi connectivity index (χ3v) is 1.13. The summed E-state index contributed by atoms with van der Waals surface area (Å²) in [5.41, 5.74) is 0. The topological polar surface area (TPSA) is 33.0 Å². The molecule has 0 bridgehead atoms. The third-order valence-electron chi connectivity index (χ3n) is 1.13. The fourth-order valence-electron chi connectivity index (χ4n) is 0.670. The lowest BCUT2D eigenvalue weighted by molar-refractivity contribution is 0.00894. The van der Waals surface area contributed by atoms with Gasteiger partial charge >= 0.3 is 0 Å². The minimum atomic E-state index is -1.19. The maximum absolute atomic E-state index is 12.0. The summed E-state index contributed by atoms with van der Waals surface area (Å²) in [6.07, 6.45) is -0.948. The molecule has 0 spiro atoms. The van der Waals surface area contributed by atoms with Crippen LogP contribution in [0.2, 0.25) is 0 Å². The number of halogens is 1. The summed E-state index contributed by atoms with van der Waals surface area (Å²) in [4.78, 5) is 0. The quantitative estimate of drug-likeness (QED) is 0.468. The second kappa shape index (κ2) is 2.10. The van der Waals surface area contributed by atoms with Gasteiger partial charge in [-0.2, -0.15) is 5.26 Å². The van der Waals surface area contributed by atoms with E-state index in [1.165, 1.54) is 0 Å². The van der Waals surface area contributed by atoms with Crippen LogP contribution in [0.25, 0.3) is 0 Å². The number of rotatable bonds is 0. The number of nitriles is 1. The molecule has 1 saturated heterocycles. The first-order chi connectivity index (χ1) is 3.83. The second-order valence-corrected chi connectivity index (χ2v) is 1.81. The van der Waals surface area contributed by atoms with Crippen molar-refractivity contribution in [1.29, 1.82) is 5.26 Å². The number of nitrogens with zero attached hydrogens (tertiary/aromatic N) is 1. The molecule has 0 saturated carbocycles. The highest BCUT2D eigenvalue weighted by Gasteiger charge is 2.23. The van der Waals surface area contributed by atoms with Crippen molar-refractivity contribution >= 4 is 0 Å². The Labute approximate surface area is 46.9 Å². The van der Waals surface area contributed by atoms with Gasteiger partial charge in [-0.3, -0.25) is 0 Å². The maximum Gasteiger partial charge on any atom is 0.200 e. The molecule has 0 aromatic rings. The van der Waals surface area contributed by atoms with Crippen LogP contribution in [0.3, 0.4) is 0 Å². The van der Waals surface area contributed by atoms with Crippen molar-refractivity contribution in [1.82, 2.24) is 0 Å². The van der Waals surface area contributed by atoms with E-state index in [0.29, 0.717) is 0 Å². The van der Waals surface area contributed by atoms with Crippen molar-refractivity contribution in [3.8, 4) is 6.07 Å². The smallest absolute Gasteiger partial charge is 0.200 e. The van der Waals surface area contributed by atoms with E-state index < -0.39 is 6.36 Å². The van der Waals surface area contributed by atoms with E-state index in [9.17, 15) is 4.39 Å². The highest BCUT2D eigenvalue weighted by atomic mass is 19.1.